The first-order valence-electron chi connectivity index (χ1n) is 6.70. The van der Waals surface area contributed by atoms with Gasteiger partial charge in [0.05, 0.1) is 6.54 Å². The number of nitrogens with zero attached hydrogens (tertiary/aromatic N) is 1. The van der Waals surface area contributed by atoms with Crippen LogP contribution < -0.4 is 10.7 Å². The molecule has 0 aliphatic carbocycles. The number of carbonyl (C=O) groups is 1. The quantitative estimate of drug-likeness (QED) is 0.820. The van der Waals surface area contributed by atoms with E-state index in [0.29, 0.717) is 13.1 Å². The van der Waals surface area contributed by atoms with Crippen molar-refractivity contribution in [3.8, 4) is 0 Å². The van der Waals surface area contributed by atoms with Gasteiger partial charge in [-0.1, -0.05) is 45.0 Å². The predicted molar refractivity (Wildman–Crippen MR) is 78.8 cm³/mol. The van der Waals surface area contributed by atoms with Gasteiger partial charge in [-0.15, -0.1) is 0 Å². The second kappa shape index (κ2) is 6.57. The molecule has 0 aromatic heterocycles. The van der Waals surface area contributed by atoms with E-state index in [4.69, 9.17) is 0 Å². The highest BCUT2D eigenvalue weighted by molar-refractivity contribution is 5.73. The molecular weight excluding hydrogens is 238 g/mol. The number of carbonyl (C=O) groups excluding carboxylic acids is 1. The average molecular weight is 263 g/mol. The van der Waals surface area contributed by atoms with Crippen LogP contribution in [-0.2, 0) is 12.0 Å². The van der Waals surface area contributed by atoms with Crippen LogP contribution in [0.1, 0.15) is 38.8 Å². The molecule has 4 heteroatoms. The molecule has 0 heterocycles. The normalized spacial score (nSPS) is 11.2. The summed E-state index contributed by atoms with van der Waals surface area (Å²) in [5, 5.41) is 4.34. The van der Waals surface area contributed by atoms with Crippen LogP contribution in [0.3, 0.4) is 0 Å². The number of hydrogen-bond acceptors (Lipinski definition) is 2. The minimum absolute atomic E-state index is 0.107. The van der Waals surface area contributed by atoms with Crippen LogP contribution in [0.15, 0.2) is 24.3 Å². The predicted octanol–water partition coefficient (Wildman–Crippen LogP) is 2.65. The Kier molecular flexibility index (Phi) is 5.36. The van der Waals surface area contributed by atoms with E-state index in [0.717, 1.165) is 5.56 Å². The molecule has 0 aliphatic heterocycles. The Balaban J connectivity index is 2.73. The lowest BCUT2D eigenvalue weighted by molar-refractivity contribution is 0.174. The summed E-state index contributed by atoms with van der Waals surface area (Å²) in [6, 6.07) is 8.29. The van der Waals surface area contributed by atoms with Crippen molar-refractivity contribution in [3.05, 3.63) is 35.4 Å². The second-order valence-corrected chi connectivity index (χ2v) is 5.59. The highest BCUT2D eigenvalue weighted by Crippen LogP contribution is 2.22. The van der Waals surface area contributed by atoms with Gasteiger partial charge in [0.2, 0.25) is 0 Å². The SMILES string of the molecule is CCNC(=O)N(Cc1ccc(C(C)(C)C)cc1)NC. The summed E-state index contributed by atoms with van der Waals surface area (Å²) in [6.07, 6.45) is 0. The van der Waals surface area contributed by atoms with Gasteiger partial charge in [0, 0.05) is 13.6 Å². The van der Waals surface area contributed by atoms with Crippen molar-refractivity contribution < 1.29 is 4.79 Å². The molecule has 0 spiro atoms. The van der Waals surface area contributed by atoms with E-state index in [1.807, 2.05) is 6.92 Å². The largest absolute Gasteiger partial charge is 0.337 e. The Morgan fingerprint density at radius 1 is 1.21 bits per heavy atom. The van der Waals surface area contributed by atoms with Gasteiger partial charge in [0.25, 0.3) is 0 Å². The van der Waals surface area contributed by atoms with Crippen LogP contribution in [0, 0.1) is 0 Å². The van der Waals surface area contributed by atoms with Crippen molar-refractivity contribution >= 4 is 6.03 Å². The first-order valence-corrected chi connectivity index (χ1v) is 6.70. The Bertz CT molecular complexity index is 406. The molecule has 0 bridgehead atoms. The summed E-state index contributed by atoms with van der Waals surface area (Å²) >= 11 is 0. The first kappa shape index (κ1) is 15.5. The summed E-state index contributed by atoms with van der Waals surface area (Å²) in [7, 11) is 1.75. The van der Waals surface area contributed by atoms with Gasteiger partial charge >= 0.3 is 6.03 Å². The molecule has 0 radical (unpaired) electrons. The Morgan fingerprint density at radius 3 is 2.21 bits per heavy atom. The molecule has 2 N–H and O–H groups in total. The van der Waals surface area contributed by atoms with Gasteiger partial charge in [0.15, 0.2) is 0 Å². The highest BCUT2D eigenvalue weighted by Gasteiger charge is 2.14. The van der Waals surface area contributed by atoms with E-state index < -0.39 is 0 Å². The minimum atomic E-state index is -0.107. The molecule has 0 saturated carbocycles. The van der Waals surface area contributed by atoms with Gasteiger partial charge in [-0.2, -0.15) is 0 Å². The molecule has 0 aliphatic rings. The zero-order valence-corrected chi connectivity index (χ0v) is 12.6. The molecule has 106 valence electrons. The zero-order chi connectivity index (χ0) is 14.5. The summed E-state index contributed by atoms with van der Waals surface area (Å²) in [5.74, 6) is 0. The molecule has 1 aromatic carbocycles. The van der Waals surface area contributed by atoms with E-state index >= 15 is 0 Å². The van der Waals surface area contributed by atoms with E-state index in [1.54, 1.807) is 12.1 Å². The smallest absolute Gasteiger partial charge is 0.332 e. The maximum absolute atomic E-state index is 11.8. The molecular formula is C15H25N3O. The van der Waals surface area contributed by atoms with Crippen molar-refractivity contribution in [1.82, 2.24) is 15.8 Å². The third kappa shape index (κ3) is 4.56. The Morgan fingerprint density at radius 2 is 1.79 bits per heavy atom. The van der Waals surface area contributed by atoms with Gasteiger partial charge in [-0.05, 0) is 23.5 Å². The molecule has 0 saturated heterocycles. The summed E-state index contributed by atoms with van der Waals surface area (Å²) < 4.78 is 0. The fourth-order valence-corrected chi connectivity index (χ4v) is 1.79. The number of amides is 2. The third-order valence-electron chi connectivity index (χ3n) is 3.00. The van der Waals surface area contributed by atoms with Crippen molar-refractivity contribution in [2.45, 2.75) is 39.7 Å². The number of urea groups is 1. The first-order chi connectivity index (χ1) is 8.88. The summed E-state index contributed by atoms with van der Waals surface area (Å²) in [6.45, 7) is 9.65. The standard InChI is InChI=1S/C15H25N3O/c1-6-17-14(19)18(16-5)11-12-7-9-13(10-8-12)15(2,3)4/h7-10,16H,6,11H2,1-5H3,(H,17,19). The van der Waals surface area contributed by atoms with Crippen molar-refractivity contribution in [1.29, 1.82) is 0 Å². The molecule has 19 heavy (non-hydrogen) atoms. The number of hydrazine groups is 1. The Hall–Kier alpha value is -1.55. The van der Waals surface area contributed by atoms with Crippen molar-refractivity contribution in [2.75, 3.05) is 13.6 Å². The lowest BCUT2D eigenvalue weighted by Gasteiger charge is -2.23. The van der Waals surface area contributed by atoms with Crippen LogP contribution in [0.2, 0.25) is 0 Å². The fraction of sp³-hybridized carbons (Fsp3) is 0.533. The molecule has 0 atom stereocenters. The summed E-state index contributed by atoms with van der Waals surface area (Å²) in [5.41, 5.74) is 5.46. The van der Waals surface area contributed by atoms with E-state index in [9.17, 15) is 4.79 Å². The number of rotatable bonds is 4. The van der Waals surface area contributed by atoms with Gasteiger partial charge in [-0.3, -0.25) is 5.01 Å². The van der Waals surface area contributed by atoms with Gasteiger partial charge in [-0.25, -0.2) is 10.2 Å². The molecule has 1 aromatic rings. The maximum atomic E-state index is 11.8. The third-order valence-corrected chi connectivity index (χ3v) is 3.00. The fourth-order valence-electron chi connectivity index (χ4n) is 1.79. The number of hydrogen-bond donors (Lipinski definition) is 2. The molecule has 2 amide bonds. The lowest BCUT2D eigenvalue weighted by Crippen LogP contribution is -2.46. The van der Waals surface area contributed by atoms with Gasteiger partial charge < -0.3 is 5.32 Å². The van der Waals surface area contributed by atoms with Crippen molar-refractivity contribution in [3.63, 3.8) is 0 Å². The van der Waals surface area contributed by atoms with Crippen LogP contribution in [0.5, 0.6) is 0 Å². The van der Waals surface area contributed by atoms with E-state index in [1.165, 1.54) is 5.56 Å². The zero-order valence-electron chi connectivity index (χ0n) is 12.6. The second-order valence-electron chi connectivity index (χ2n) is 5.59. The topological polar surface area (TPSA) is 44.4 Å². The van der Waals surface area contributed by atoms with E-state index in [2.05, 4.69) is 55.8 Å². The van der Waals surface area contributed by atoms with E-state index in [-0.39, 0.29) is 11.4 Å². The monoisotopic (exact) mass is 263 g/mol. The average Bonchev–Trinajstić information content (AvgIpc) is 2.35. The van der Waals surface area contributed by atoms with Crippen LogP contribution in [0.4, 0.5) is 4.79 Å². The van der Waals surface area contributed by atoms with Crippen LogP contribution >= 0.6 is 0 Å². The maximum Gasteiger partial charge on any atom is 0.332 e. The van der Waals surface area contributed by atoms with Gasteiger partial charge in [0.1, 0.15) is 0 Å². The molecule has 0 unspecified atom stereocenters. The number of benzene rings is 1. The van der Waals surface area contributed by atoms with Crippen LogP contribution in [0.25, 0.3) is 0 Å². The minimum Gasteiger partial charge on any atom is -0.337 e. The highest BCUT2D eigenvalue weighted by atomic mass is 16.2. The van der Waals surface area contributed by atoms with Crippen molar-refractivity contribution in [2.24, 2.45) is 0 Å². The number of nitrogens with one attached hydrogen (secondary N) is 2. The van der Waals surface area contributed by atoms with Crippen LogP contribution in [-0.4, -0.2) is 24.6 Å². The molecule has 4 nitrogen and oxygen atoms in total. The lowest BCUT2D eigenvalue weighted by atomic mass is 9.87. The molecule has 0 fully saturated rings. The summed E-state index contributed by atoms with van der Waals surface area (Å²) in [4.78, 5) is 11.8. The Labute approximate surface area is 116 Å². The molecule has 1 rings (SSSR count).